The summed E-state index contributed by atoms with van der Waals surface area (Å²) >= 11 is 0. The van der Waals surface area contributed by atoms with E-state index in [2.05, 4.69) is 139 Å². The standard InChI is InChI=1S/C101H112O19Si2/c1-69-84(115-94(102)75-49-29-15-30-50-75)88(105-63-71-41-21-11-22-42-71)91(107-65-73-45-25-13-26-46-73)96(111-69)113-81-61-62-104-82(67-109-121(99(3,4)5,77-53-33-17-34-54-77)78-55-35-18-36-56-78)86(81)117-98-93(90-87(119-101(9,10)120-90)83(114-98)68-110-122(100(6,7)8,79-57-37-19-38-58-79)80-59-39-20-40-60-80)118-97-92(108-66-74-47-27-14-28-48-74)89(106-64-72-43-23-12-24-44-72)85(70(2)112-97)116-95(103)76-51-31-16-32-52-76/h11-62,69-70,81-93,96-98H,63-68H2,1-10H3/t69?,70?,81?,82?,83?,84-,85+,86-,87+,88?,89?,90+,91+,92+,93?,96-,97?,98+/m1/s1. The average Bonchev–Trinajstić information content (AvgIpc) is 1.63. The third kappa shape index (κ3) is 20.2. The highest BCUT2D eigenvalue weighted by atomic mass is 28.4. The summed E-state index contributed by atoms with van der Waals surface area (Å²) in [6.45, 7) is 21.0. The lowest BCUT2D eigenvalue weighted by atomic mass is 9.96. The molecule has 19 nitrogen and oxygen atoms in total. The third-order valence-electron chi connectivity index (χ3n) is 23.4. The summed E-state index contributed by atoms with van der Waals surface area (Å²) in [5.74, 6) is -2.44. The normalized spacial score (nSPS) is 26.6. The van der Waals surface area contributed by atoms with E-state index in [4.69, 9.17) is 79.9 Å². The van der Waals surface area contributed by atoms with Crippen LogP contribution in [0.4, 0.5) is 0 Å². The van der Waals surface area contributed by atoms with Gasteiger partial charge in [-0.1, -0.05) is 321 Å². The Labute approximate surface area is 718 Å². The van der Waals surface area contributed by atoms with Gasteiger partial charge in [0.25, 0.3) is 16.6 Å². The second kappa shape index (κ2) is 39.6. The topological polar surface area (TPSA) is 191 Å². The Hall–Kier alpha value is -9.45. The van der Waals surface area contributed by atoms with E-state index in [1.54, 1.807) is 60.9 Å². The summed E-state index contributed by atoms with van der Waals surface area (Å²) in [5, 5.41) is 3.21. The Morgan fingerprint density at radius 3 is 1.01 bits per heavy atom. The van der Waals surface area contributed by atoms with Crippen LogP contribution in [0.2, 0.25) is 10.1 Å². The van der Waals surface area contributed by atoms with Gasteiger partial charge < -0.3 is 79.9 Å². The van der Waals surface area contributed by atoms with Gasteiger partial charge in [-0.15, -0.1) is 0 Å². The maximum Gasteiger partial charge on any atom is 0.338 e. The number of fused-ring (bicyclic) bond motifs is 1. The van der Waals surface area contributed by atoms with Gasteiger partial charge in [-0.3, -0.25) is 0 Å². The van der Waals surface area contributed by atoms with Gasteiger partial charge in [-0.05, 0) is 111 Å². The van der Waals surface area contributed by atoms with Gasteiger partial charge in [0, 0.05) is 0 Å². The summed E-state index contributed by atoms with van der Waals surface area (Å²) in [5.41, 5.74) is 4.11. The maximum atomic E-state index is 14.6. The van der Waals surface area contributed by atoms with Gasteiger partial charge in [0.15, 0.2) is 36.9 Å². The lowest BCUT2D eigenvalue weighted by Crippen LogP contribution is -2.69. The first-order valence-corrected chi connectivity index (χ1v) is 46.2. The van der Waals surface area contributed by atoms with E-state index in [1.165, 1.54) is 0 Å². The molecule has 0 bridgehead atoms. The third-order valence-corrected chi connectivity index (χ3v) is 33.4. The molecule has 5 aliphatic heterocycles. The van der Waals surface area contributed by atoms with Crippen molar-refractivity contribution >= 4 is 49.3 Å². The van der Waals surface area contributed by atoms with Crippen molar-refractivity contribution < 1.29 is 89.5 Å². The molecule has 0 N–H and O–H groups in total. The zero-order chi connectivity index (χ0) is 84.9. The Morgan fingerprint density at radius 1 is 0.344 bits per heavy atom. The highest BCUT2D eigenvalue weighted by molar-refractivity contribution is 7.00. The second-order valence-corrected chi connectivity index (χ2v) is 42.9. The Morgan fingerprint density at radius 2 is 0.648 bits per heavy atom. The molecule has 0 saturated carbocycles. The number of hydrogen-bond acceptors (Lipinski definition) is 19. The zero-order valence-electron chi connectivity index (χ0n) is 70.9. The fourth-order valence-corrected chi connectivity index (χ4v) is 26.6. The van der Waals surface area contributed by atoms with Gasteiger partial charge in [-0.25, -0.2) is 9.59 Å². The van der Waals surface area contributed by atoms with Crippen molar-refractivity contribution in [3.05, 3.63) is 349 Å². The van der Waals surface area contributed by atoms with E-state index < -0.39 is 155 Å². The van der Waals surface area contributed by atoms with E-state index in [1.807, 2.05) is 185 Å². The monoisotopic (exact) mass is 1680 g/mol. The minimum atomic E-state index is -3.42. The van der Waals surface area contributed by atoms with Crippen molar-refractivity contribution in [1.82, 2.24) is 0 Å². The zero-order valence-corrected chi connectivity index (χ0v) is 72.9. The molecule has 4 fully saturated rings. The molecule has 0 radical (unpaired) electrons. The quantitative estimate of drug-likeness (QED) is 0.0285. The fourth-order valence-electron chi connectivity index (χ4n) is 17.5. The molecule has 0 aromatic heterocycles. The Kier molecular flexibility index (Phi) is 28.4. The van der Waals surface area contributed by atoms with E-state index in [0.29, 0.717) is 11.1 Å². The molecule has 0 spiro atoms. The van der Waals surface area contributed by atoms with Crippen LogP contribution in [0.15, 0.2) is 316 Å². The molecule has 0 amide bonds. The van der Waals surface area contributed by atoms with Gasteiger partial charge in [-0.2, -0.15) is 0 Å². The minimum Gasteiger partial charge on any atom is -0.493 e. The number of carbonyl (C=O) groups is 2. The molecule has 18 atom stereocenters. The molecule has 10 aromatic rings. The molecule has 0 aliphatic carbocycles. The van der Waals surface area contributed by atoms with Gasteiger partial charge in [0.1, 0.15) is 67.1 Å². The summed E-state index contributed by atoms with van der Waals surface area (Å²) in [6, 6.07) is 98.6. The van der Waals surface area contributed by atoms with E-state index in [-0.39, 0.29) is 39.6 Å². The summed E-state index contributed by atoms with van der Waals surface area (Å²) in [7, 11) is -6.80. The van der Waals surface area contributed by atoms with Crippen molar-refractivity contribution in [2.45, 2.75) is 222 Å². The molecule has 638 valence electrons. The Balaban J connectivity index is 0.881. The molecule has 5 aliphatic rings. The van der Waals surface area contributed by atoms with E-state index >= 15 is 0 Å². The summed E-state index contributed by atoms with van der Waals surface area (Å²) in [4.78, 5) is 29.1. The molecular weight excluding hydrogens is 1570 g/mol. The predicted octanol–water partition coefficient (Wildman–Crippen LogP) is 15.7. The van der Waals surface area contributed by atoms with Crippen molar-refractivity contribution in [3.63, 3.8) is 0 Å². The molecular formula is C101H112O19Si2. The van der Waals surface area contributed by atoms with E-state index in [0.717, 1.165) is 43.0 Å². The first-order valence-electron chi connectivity index (χ1n) is 42.4. The maximum absolute atomic E-state index is 14.6. The van der Waals surface area contributed by atoms with Gasteiger partial charge >= 0.3 is 11.9 Å². The number of carbonyl (C=O) groups excluding carboxylic acids is 2. The number of ether oxygens (including phenoxy) is 15. The fraction of sp³-hybridized carbons (Fsp3) is 0.366. The first kappa shape index (κ1) is 87.5. The summed E-state index contributed by atoms with van der Waals surface area (Å²) in [6.07, 6.45) is -16.6. The average molecular weight is 1690 g/mol. The molecule has 21 heteroatoms. The largest absolute Gasteiger partial charge is 0.493 e. The smallest absolute Gasteiger partial charge is 0.338 e. The number of hydrogen-bond donors (Lipinski definition) is 0. The molecule has 15 rings (SSSR count). The molecule has 122 heavy (non-hydrogen) atoms. The highest BCUT2D eigenvalue weighted by Gasteiger charge is 2.62. The number of esters is 2. The SMILES string of the molecule is CC1O[C@H](OC2C=COC(CO[Si](c3ccccc3)(c3ccccc3)C(C)(C)C)[C@@H]2O[C@@H]2OC(CO[Si](c3ccccc3)(c3ccccc3)C(C)(C)C)[C@@H]3OC(C)(C)O[C@@H]3C2OC2OC(C)[C@H](OC(=O)c3ccccc3)C(OCc3ccccc3)[C@@H]2OCc2ccccc2)[C@@H](OCc2ccccc2)C(OCc2ccccc2)[C@@H]1OC(=O)c1ccccc1. The van der Waals surface area contributed by atoms with Gasteiger partial charge in [0.2, 0.25) is 0 Å². The predicted molar refractivity (Wildman–Crippen MR) is 468 cm³/mol. The van der Waals surface area contributed by atoms with Crippen LogP contribution in [-0.2, 0) is 106 Å². The van der Waals surface area contributed by atoms with E-state index in [9.17, 15) is 9.59 Å². The number of rotatable bonds is 32. The van der Waals surface area contributed by atoms with Crippen LogP contribution >= 0.6 is 0 Å². The molecule has 4 saturated heterocycles. The van der Waals surface area contributed by atoms with Crippen molar-refractivity contribution in [2.75, 3.05) is 13.2 Å². The van der Waals surface area contributed by atoms with Crippen molar-refractivity contribution in [1.29, 1.82) is 0 Å². The highest BCUT2D eigenvalue weighted by Crippen LogP contribution is 2.46. The van der Waals surface area contributed by atoms with Crippen LogP contribution in [0.1, 0.15) is 112 Å². The lowest BCUT2D eigenvalue weighted by Gasteiger charge is -2.50. The van der Waals surface area contributed by atoms with Crippen molar-refractivity contribution in [2.24, 2.45) is 0 Å². The minimum absolute atomic E-state index is 0.0277. The van der Waals surface area contributed by atoms with Crippen LogP contribution in [-0.4, -0.2) is 158 Å². The molecule has 9 unspecified atom stereocenters. The van der Waals surface area contributed by atoms with Crippen LogP contribution in [0.25, 0.3) is 0 Å². The first-order chi connectivity index (χ1) is 59.1. The number of benzene rings is 10. The molecule has 10 aromatic carbocycles. The van der Waals surface area contributed by atoms with Gasteiger partial charge in [0.05, 0.1) is 69.2 Å². The molecule has 5 heterocycles. The lowest BCUT2D eigenvalue weighted by molar-refractivity contribution is -0.376. The Bertz CT molecular complexity index is 4850. The summed E-state index contributed by atoms with van der Waals surface area (Å²) < 4.78 is 125. The second-order valence-electron chi connectivity index (χ2n) is 34.3. The van der Waals surface area contributed by atoms with Crippen molar-refractivity contribution in [3.8, 4) is 0 Å². The van der Waals surface area contributed by atoms with Crippen LogP contribution in [0, 0.1) is 0 Å². The van der Waals surface area contributed by atoms with Crippen LogP contribution < -0.4 is 20.7 Å². The van der Waals surface area contributed by atoms with Crippen LogP contribution in [0.3, 0.4) is 0 Å². The van der Waals surface area contributed by atoms with Crippen LogP contribution in [0.5, 0.6) is 0 Å².